The van der Waals surface area contributed by atoms with E-state index < -0.39 is 35.7 Å². The second kappa shape index (κ2) is 5.63. The lowest BCUT2D eigenvalue weighted by molar-refractivity contribution is -0.157. The second-order valence-corrected chi connectivity index (χ2v) is 5.19. The van der Waals surface area contributed by atoms with Crippen LogP contribution >= 0.6 is 0 Å². The van der Waals surface area contributed by atoms with E-state index in [1.807, 2.05) is 6.92 Å². The van der Waals surface area contributed by atoms with Crippen LogP contribution in [0.15, 0.2) is 0 Å². The van der Waals surface area contributed by atoms with Gasteiger partial charge in [0.25, 0.3) is 5.91 Å². The number of nitrogens with one attached hydrogen (secondary N) is 1. The molecule has 0 radical (unpaired) electrons. The van der Waals surface area contributed by atoms with E-state index >= 15 is 0 Å². The zero-order valence-corrected chi connectivity index (χ0v) is 11.9. The topological polar surface area (TPSA) is 104 Å². The molecule has 2 heterocycles. The Hall–Kier alpha value is -2.25. The Kier molecular flexibility index (Phi) is 4.06. The number of barbiturate groups is 1. The average molecular weight is 295 g/mol. The molecule has 2 aliphatic heterocycles. The first-order chi connectivity index (χ1) is 9.88. The lowest BCUT2D eigenvalue weighted by Gasteiger charge is -2.38. The van der Waals surface area contributed by atoms with Gasteiger partial charge in [-0.3, -0.25) is 34.3 Å². The molecule has 0 spiro atoms. The quantitative estimate of drug-likeness (QED) is 0.565. The van der Waals surface area contributed by atoms with E-state index in [1.54, 1.807) is 0 Å². The fraction of sp³-hybridized carbons (Fsp3) is 0.615. The van der Waals surface area contributed by atoms with Gasteiger partial charge in [-0.1, -0.05) is 13.3 Å². The molecule has 0 aromatic carbocycles. The molecule has 2 aliphatic rings. The van der Waals surface area contributed by atoms with Crippen molar-refractivity contribution >= 4 is 29.7 Å². The summed E-state index contributed by atoms with van der Waals surface area (Å²) in [7, 11) is 1.32. The molecule has 2 rings (SSSR count). The molecule has 0 aromatic heterocycles. The van der Waals surface area contributed by atoms with Gasteiger partial charge in [0.2, 0.25) is 17.7 Å². The molecule has 0 bridgehead atoms. The molecule has 0 aromatic rings. The smallest absolute Gasteiger partial charge is 0.284 e. The van der Waals surface area contributed by atoms with Gasteiger partial charge in [-0.2, -0.15) is 0 Å². The minimum atomic E-state index is -1.02. The Balaban J connectivity index is 2.27. The van der Waals surface area contributed by atoms with Gasteiger partial charge < -0.3 is 0 Å². The summed E-state index contributed by atoms with van der Waals surface area (Å²) in [5, 5.41) is 2.11. The fourth-order valence-corrected chi connectivity index (χ4v) is 2.61. The van der Waals surface area contributed by atoms with Gasteiger partial charge >= 0.3 is 6.03 Å². The highest BCUT2D eigenvalue weighted by molar-refractivity contribution is 6.18. The number of likely N-dealkylation sites (tertiary alicyclic amines) is 1. The fourth-order valence-electron chi connectivity index (χ4n) is 2.61. The maximum atomic E-state index is 12.4. The summed E-state index contributed by atoms with van der Waals surface area (Å²) < 4.78 is 0. The minimum absolute atomic E-state index is 0.0797. The standard InChI is InChI=1S/C13H17N3O5/c1-3-4-7-10(18)14-13(21)16(11(7)19)8-5-6-9(17)15(2)12(8)20/h7-8H,3-6H2,1-2H3,(H,14,18,21). The Morgan fingerprint density at radius 1 is 1.14 bits per heavy atom. The maximum absolute atomic E-state index is 12.4. The van der Waals surface area contributed by atoms with Crippen LogP contribution in [0.3, 0.4) is 0 Å². The van der Waals surface area contributed by atoms with Gasteiger partial charge in [-0.25, -0.2) is 4.79 Å². The summed E-state index contributed by atoms with van der Waals surface area (Å²) in [6.45, 7) is 1.82. The number of likely N-dealkylation sites (N-methyl/N-ethyl adjacent to an activating group) is 1. The molecule has 2 saturated heterocycles. The molecule has 114 valence electrons. The molecule has 6 amide bonds. The summed E-state index contributed by atoms with van der Waals surface area (Å²) in [5.41, 5.74) is 0. The maximum Gasteiger partial charge on any atom is 0.331 e. The number of hydrogen-bond acceptors (Lipinski definition) is 5. The van der Waals surface area contributed by atoms with Gasteiger partial charge in [0, 0.05) is 13.5 Å². The Morgan fingerprint density at radius 3 is 2.43 bits per heavy atom. The van der Waals surface area contributed by atoms with E-state index in [0.29, 0.717) is 12.8 Å². The SMILES string of the molecule is CCCC1C(=O)NC(=O)N(C2CCC(=O)N(C)C2=O)C1=O. The number of rotatable bonds is 3. The van der Waals surface area contributed by atoms with Crippen LogP contribution in [0.5, 0.6) is 0 Å². The summed E-state index contributed by atoms with van der Waals surface area (Å²) in [4.78, 5) is 61.3. The van der Waals surface area contributed by atoms with Crippen molar-refractivity contribution < 1.29 is 24.0 Å². The van der Waals surface area contributed by atoms with E-state index in [2.05, 4.69) is 5.32 Å². The molecular weight excluding hydrogens is 278 g/mol. The Bertz CT molecular complexity index is 530. The summed E-state index contributed by atoms with van der Waals surface area (Å²) in [6.07, 6.45) is 1.08. The molecular formula is C13H17N3O5. The first-order valence-electron chi connectivity index (χ1n) is 6.86. The molecule has 0 aliphatic carbocycles. The van der Waals surface area contributed by atoms with Crippen molar-refractivity contribution in [2.24, 2.45) is 5.92 Å². The minimum Gasteiger partial charge on any atom is -0.284 e. The second-order valence-electron chi connectivity index (χ2n) is 5.19. The van der Waals surface area contributed by atoms with Crippen molar-refractivity contribution in [3.8, 4) is 0 Å². The van der Waals surface area contributed by atoms with Crippen LogP contribution in [-0.4, -0.2) is 52.5 Å². The first kappa shape index (κ1) is 15.1. The number of hydrogen-bond donors (Lipinski definition) is 1. The van der Waals surface area contributed by atoms with E-state index in [-0.39, 0.29) is 18.7 Å². The number of imide groups is 3. The van der Waals surface area contributed by atoms with Crippen LogP contribution in [0, 0.1) is 5.92 Å². The highest BCUT2D eigenvalue weighted by Gasteiger charge is 2.47. The molecule has 2 fully saturated rings. The van der Waals surface area contributed by atoms with Crippen LogP contribution in [0.1, 0.15) is 32.6 Å². The molecule has 8 nitrogen and oxygen atoms in total. The van der Waals surface area contributed by atoms with Gasteiger partial charge in [0.15, 0.2) is 0 Å². The number of urea groups is 1. The van der Waals surface area contributed by atoms with Gasteiger partial charge in [-0.05, 0) is 12.8 Å². The lowest BCUT2D eigenvalue weighted by atomic mass is 9.95. The van der Waals surface area contributed by atoms with E-state index in [4.69, 9.17) is 0 Å². The van der Waals surface area contributed by atoms with Crippen molar-refractivity contribution in [1.29, 1.82) is 0 Å². The zero-order valence-electron chi connectivity index (χ0n) is 11.9. The summed E-state index contributed by atoms with van der Waals surface area (Å²) >= 11 is 0. The van der Waals surface area contributed by atoms with Gasteiger partial charge in [0.05, 0.1) is 0 Å². The summed E-state index contributed by atoms with van der Waals surface area (Å²) in [6, 6.07) is -1.91. The average Bonchev–Trinajstić information content (AvgIpc) is 2.43. The van der Waals surface area contributed by atoms with Crippen LogP contribution in [0.2, 0.25) is 0 Å². The van der Waals surface area contributed by atoms with Crippen molar-refractivity contribution in [3.05, 3.63) is 0 Å². The largest absolute Gasteiger partial charge is 0.331 e. The predicted molar refractivity (Wildman–Crippen MR) is 69.6 cm³/mol. The number of amides is 6. The highest BCUT2D eigenvalue weighted by Crippen LogP contribution is 2.23. The number of carbonyl (C=O) groups excluding carboxylic acids is 5. The van der Waals surface area contributed by atoms with E-state index in [1.165, 1.54) is 7.05 Å². The third-order valence-electron chi connectivity index (χ3n) is 3.81. The monoisotopic (exact) mass is 295 g/mol. The molecule has 2 atom stereocenters. The van der Waals surface area contributed by atoms with Crippen molar-refractivity contribution in [2.75, 3.05) is 7.05 Å². The van der Waals surface area contributed by atoms with Crippen LogP contribution in [0.25, 0.3) is 0 Å². The van der Waals surface area contributed by atoms with Crippen LogP contribution < -0.4 is 5.32 Å². The highest BCUT2D eigenvalue weighted by atomic mass is 16.2. The predicted octanol–water partition coefficient (Wildman–Crippen LogP) is -0.371. The van der Waals surface area contributed by atoms with E-state index in [9.17, 15) is 24.0 Å². The first-order valence-corrected chi connectivity index (χ1v) is 6.86. The van der Waals surface area contributed by atoms with Crippen molar-refractivity contribution in [1.82, 2.24) is 15.1 Å². The molecule has 8 heteroatoms. The molecule has 21 heavy (non-hydrogen) atoms. The zero-order chi connectivity index (χ0) is 15.7. The lowest BCUT2D eigenvalue weighted by Crippen LogP contribution is -2.65. The number of piperidine rings is 1. The Morgan fingerprint density at radius 2 is 1.81 bits per heavy atom. The van der Waals surface area contributed by atoms with Gasteiger partial charge in [-0.15, -0.1) is 0 Å². The molecule has 2 unspecified atom stereocenters. The van der Waals surface area contributed by atoms with Crippen molar-refractivity contribution in [3.63, 3.8) is 0 Å². The normalized spacial score (nSPS) is 27.2. The van der Waals surface area contributed by atoms with Crippen LogP contribution in [0.4, 0.5) is 4.79 Å². The molecule has 1 N–H and O–H groups in total. The summed E-state index contributed by atoms with van der Waals surface area (Å²) in [5.74, 6) is -3.19. The molecule has 0 saturated carbocycles. The van der Waals surface area contributed by atoms with Crippen molar-refractivity contribution in [2.45, 2.75) is 38.6 Å². The van der Waals surface area contributed by atoms with Crippen LogP contribution in [-0.2, 0) is 19.2 Å². The third-order valence-corrected chi connectivity index (χ3v) is 3.81. The third kappa shape index (κ3) is 2.53. The number of nitrogens with zero attached hydrogens (tertiary/aromatic N) is 2. The Labute approximate surface area is 121 Å². The van der Waals surface area contributed by atoms with Gasteiger partial charge in [0.1, 0.15) is 12.0 Å². The number of carbonyl (C=O) groups is 5. The van der Waals surface area contributed by atoms with E-state index in [0.717, 1.165) is 9.80 Å².